The zero-order valence-corrected chi connectivity index (χ0v) is 13.0. The maximum Gasteiger partial charge on any atom is 0.257 e. The molecule has 1 aliphatic rings. The molecule has 0 saturated carbocycles. The van der Waals surface area contributed by atoms with Crippen LogP contribution in [0.2, 0.25) is 0 Å². The van der Waals surface area contributed by atoms with Gasteiger partial charge in [0.25, 0.3) is 5.91 Å². The zero-order chi connectivity index (χ0) is 15.5. The lowest BCUT2D eigenvalue weighted by atomic mass is 9.98. The van der Waals surface area contributed by atoms with Crippen molar-refractivity contribution in [3.8, 4) is 5.75 Å². The summed E-state index contributed by atoms with van der Waals surface area (Å²) in [5.41, 5.74) is 0.617. The summed E-state index contributed by atoms with van der Waals surface area (Å²) < 4.78 is 7.47. The van der Waals surface area contributed by atoms with Gasteiger partial charge in [-0.2, -0.15) is 0 Å². The summed E-state index contributed by atoms with van der Waals surface area (Å²) in [5.74, 6) is 2.24. The van der Waals surface area contributed by atoms with Crippen LogP contribution in [0.3, 0.4) is 0 Å². The summed E-state index contributed by atoms with van der Waals surface area (Å²) in [6.45, 7) is 1.67. The fraction of sp³-hybridized carbons (Fsp3) is 0.412. The molecule has 5 heteroatoms. The second-order valence-electron chi connectivity index (χ2n) is 5.79. The molecule has 1 aromatic carbocycles. The van der Waals surface area contributed by atoms with Gasteiger partial charge >= 0.3 is 0 Å². The Morgan fingerprint density at radius 3 is 3.09 bits per heavy atom. The maximum atomic E-state index is 12.6. The van der Waals surface area contributed by atoms with Gasteiger partial charge in [0.2, 0.25) is 0 Å². The first kappa shape index (κ1) is 14.6. The van der Waals surface area contributed by atoms with Crippen LogP contribution >= 0.6 is 0 Å². The predicted octanol–water partition coefficient (Wildman–Crippen LogP) is 2.23. The Balaban J connectivity index is 1.67. The van der Waals surface area contributed by atoms with Gasteiger partial charge in [-0.3, -0.25) is 4.79 Å². The molecular formula is C17H21N3O2. The van der Waals surface area contributed by atoms with E-state index in [1.807, 2.05) is 43.7 Å². The Kier molecular flexibility index (Phi) is 4.13. The molecule has 0 saturated heterocycles. The van der Waals surface area contributed by atoms with Crippen molar-refractivity contribution in [2.45, 2.75) is 19.4 Å². The first-order valence-electron chi connectivity index (χ1n) is 7.57. The number of aromatic nitrogens is 2. The minimum atomic E-state index is 0.00822. The summed E-state index contributed by atoms with van der Waals surface area (Å²) in [6, 6.07) is 7.37. The van der Waals surface area contributed by atoms with Crippen LogP contribution in [0.15, 0.2) is 36.7 Å². The molecule has 2 heterocycles. The molecule has 22 heavy (non-hydrogen) atoms. The molecule has 1 unspecified atom stereocenters. The van der Waals surface area contributed by atoms with Gasteiger partial charge in [-0.1, -0.05) is 12.1 Å². The van der Waals surface area contributed by atoms with E-state index in [-0.39, 0.29) is 5.91 Å². The molecule has 1 atom stereocenters. The fourth-order valence-electron chi connectivity index (χ4n) is 3.08. The van der Waals surface area contributed by atoms with Crippen LogP contribution in [0.25, 0.3) is 0 Å². The monoisotopic (exact) mass is 299 g/mol. The van der Waals surface area contributed by atoms with Gasteiger partial charge in [0.15, 0.2) is 0 Å². The number of carbonyl (C=O) groups excluding carboxylic acids is 1. The SMILES string of the molecule is COc1ccccc1C(=O)N(C)CC1CCc2nccn2C1. The van der Waals surface area contributed by atoms with Crippen LogP contribution < -0.4 is 4.74 Å². The average Bonchev–Trinajstić information content (AvgIpc) is 3.01. The molecule has 2 aromatic rings. The van der Waals surface area contributed by atoms with Crippen LogP contribution in [0.5, 0.6) is 5.75 Å². The lowest BCUT2D eigenvalue weighted by Crippen LogP contribution is -2.35. The van der Waals surface area contributed by atoms with Gasteiger partial charge < -0.3 is 14.2 Å². The van der Waals surface area contributed by atoms with E-state index in [4.69, 9.17) is 4.74 Å². The highest BCUT2D eigenvalue weighted by Crippen LogP contribution is 2.22. The Morgan fingerprint density at radius 1 is 1.45 bits per heavy atom. The molecule has 0 fully saturated rings. The number of aryl methyl sites for hydroxylation is 1. The molecule has 1 aromatic heterocycles. The van der Waals surface area contributed by atoms with Crippen molar-refractivity contribution in [3.05, 3.63) is 48.0 Å². The van der Waals surface area contributed by atoms with E-state index in [1.54, 1.807) is 12.0 Å². The smallest absolute Gasteiger partial charge is 0.257 e. The number of carbonyl (C=O) groups is 1. The molecule has 5 nitrogen and oxygen atoms in total. The van der Waals surface area contributed by atoms with E-state index < -0.39 is 0 Å². The molecule has 1 aliphatic heterocycles. The summed E-state index contributed by atoms with van der Waals surface area (Å²) >= 11 is 0. The molecule has 0 radical (unpaired) electrons. The summed E-state index contributed by atoms with van der Waals surface area (Å²) in [6.07, 6.45) is 5.92. The van der Waals surface area contributed by atoms with Crippen molar-refractivity contribution in [1.29, 1.82) is 0 Å². The number of fused-ring (bicyclic) bond motifs is 1. The number of nitrogens with zero attached hydrogens (tertiary/aromatic N) is 3. The third kappa shape index (κ3) is 2.84. The topological polar surface area (TPSA) is 47.4 Å². The minimum Gasteiger partial charge on any atom is -0.496 e. The van der Waals surface area contributed by atoms with Gasteiger partial charge in [0, 0.05) is 39.0 Å². The number of hydrogen-bond acceptors (Lipinski definition) is 3. The largest absolute Gasteiger partial charge is 0.496 e. The zero-order valence-electron chi connectivity index (χ0n) is 13.0. The highest BCUT2D eigenvalue weighted by molar-refractivity contribution is 5.96. The molecular weight excluding hydrogens is 278 g/mol. The van der Waals surface area contributed by atoms with Gasteiger partial charge in [0.1, 0.15) is 11.6 Å². The van der Waals surface area contributed by atoms with Crippen LogP contribution in [-0.2, 0) is 13.0 Å². The lowest BCUT2D eigenvalue weighted by Gasteiger charge is -2.28. The molecule has 1 amide bonds. The first-order valence-corrected chi connectivity index (χ1v) is 7.57. The normalized spacial score (nSPS) is 16.9. The van der Waals surface area contributed by atoms with Crippen molar-refractivity contribution in [3.63, 3.8) is 0 Å². The number of benzene rings is 1. The molecule has 0 N–H and O–H groups in total. The van der Waals surface area contributed by atoms with E-state index in [1.165, 1.54) is 0 Å². The summed E-state index contributed by atoms with van der Waals surface area (Å²) in [5, 5.41) is 0. The molecule has 116 valence electrons. The number of hydrogen-bond donors (Lipinski definition) is 0. The number of imidazole rings is 1. The highest BCUT2D eigenvalue weighted by Gasteiger charge is 2.23. The predicted molar refractivity (Wildman–Crippen MR) is 84.0 cm³/mol. The Labute approximate surface area is 130 Å². The van der Waals surface area contributed by atoms with Gasteiger partial charge in [0.05, 0.1) is 12.7 Å². The summed E-state index contributed by atoms with van der Waals surface area (Å²) in [4.78, 5) is 18.8. The fourth-order valence-corrected chi connectivity index (χ4v) is 3.08. The minimum absolute atomic E-state index is 0.00822. The second-order valence-corrected chi connectivity index (χ2v) is 5.79. The van der Waals surface area contributed by atoms with E-state index in [0.717, 1.165) is 31.8 Å². The maximum absolute atomic E-state index is 12.6. The second kappa shape index (κ2) is 6.22. The number of ether oxygens (including phenoxy) is 1. The van der Waals surface area contributed by atoms with E-state index in [0.29, 0.717) is 17.2 Å². The van der Waals surface area contributed by atoms with Gasteiger partial charge in [-0.05, 0) is 24.5 Å². The van der Waals surface area contributed by atoms with Crippen LogP contribution in [0, 0.1) is 5.92 Å². The molecule has 3 rings (SSSR count). The van der Waals surface area contributed by atoms with Crippen molar-refractivity contribution < 1.29 is 9.53 Å². The van der Waals surface area contributed by atoms with E-state index >= 15 is 0 Å². The molecule has 0 aliphatic carbocycles. The number of para-hydroxylation sites is 1. The molecule has 0 bridgehead atoms. The molecule has 0 spiro atoms. The number of amides is 1. The highest BCUT2D eigenvalue weighted by atomic mass is 16.5. The quantitative estimate of drug-likeness (QED) is 0.870. The summed E-state index contributed by atoms with van der Waals surface area (Å²) in [7, 11) is 3.45. The van der Waals surface area contributed by atoms with Crippen molar-refractivity contribution >= 4 is 5.91 Å². The van der Waals surface area contributed by atoms with E-state index in [9.17, 15) is 4.79 Å². The Hall–Kier alpha value is -2.30. The van der Waals surface area contributed by atoms with Gasteiger partial charge in [-0.15, -0.1) is 0 Å². The number of rotatable bonds is 4. The third-order valence-corrected chi connectivity index (χ3v) is 4.25. The lowest BCUT2D eigenvalue weighted by molar-refractivity contribution is 0.0757. The third-order valence-electron chi connectivity index (χ3n) is 4.25. The van der Waals surface area contributed by atoms with Gasteiger partial charge in [-0.25, -0.2) is 4.98 Å². The van der Waals surface area contributed by atoms with E-state index in [2.05, 4.69) is 9.55 Å². The Bertz CT molecular complexity index is 665. The average molecular weight is 299 g/mol. The van der Waals surface area contributed by atoms with Crippen molar-refractivity contribution in [2.75, 3.05) is 20.7 Å². The van der Waals surface area contributed by atoms with Crippen LogP contribution in [-0.4, -0.2) is 41.1 Å². The Morgan fingerprint density at radius 2 is 2.27 bits per heavy atom. The van der Waals surface area contributed by atoms with Crippen LogP contribution in [0.1, 0.15) is 22.6 Å². The first-order chi connectivity index (χ1) is 10.7. The number of methoxy groups -OCH3 is 1. The van der Waals surface area contributed by atoms with Crippen molar-refractivity contribution in [1.82, 2.24) is 14.5 Å². The standard InChI is InChI=1S/C17H21N3O2/c1-19(17(21)14-5-3-4-6-15(14)22-2)11-13-7-8-16-18-9-10-20(16)12-13/h3-6,9-10,13H,7-8,11-12H2,1-2H3. The van der Waals surface area contributed by atoms with Crippen LogP contribution in [0.4, 0.5) is 0 Å². The van der Waals surface area contributed by atoms with Crippen molar-refractivity contribution in [2.24, 2.45) is 5.92 Å².